The van der Waals surface area contributed by atoms with Crippen molar-refractivity contribution in [2.45, 2.75) is 37.5 Å². The van der Waals surface area contributed by atoms with Crippen LogP contribution in [0.1, 0.15) is 30.4 Å². The normalized spacial score (nSPS) is 16.4. The van der Waals surface area contributed by atoms with Crippen LogP contribution in [-0.2, 0) is 21.2 Å². The SMILES string of the molecule is COc1ccc(C)cc1NS(=O)(=O)c1ccc2c(c1)CCN2C(=O)C1CCC1. The van der Waals surface area contributed by atoms with Gasteiger partial charge in [-0.2, -0.15) is 0 Å². The number of benzene rings is 2. The van der Waals surface area contributed by atoms with Crippen molar-refractivity contribution < 1.29 is 17.9 Å². The van der Waals surface area contributed by atoms with Gasteiger partial charge in [0.1, 0.15) is 5.75 Å². The van der Waals surface area contributed by atoms with Crippen LogP contribution in [0.3, 0.4) is 0 Å². The van der Waals surface area contributed by atoms with E-state index in [1.54, 1.807) is 30.3 Å². The molecule has 2 aromatic rings. The van der Waals surface area contributed by atoms with Gasteiger partial charge in [-0.1, -0.05) is 12.5 Å². The summed E-state index contributed by atoms with van der Waals surface area (Å²) < 4.78 is 33.7. The Labute approximate surface area is 165 Å². The Kier molecular flexibility index (Phi) is 4.79. The van der Waals surface area contributed by atoms with Gasteiger partial charge in [0.2, 0.25) is 5.91 Å². The highest BCUT2D eigenvalue weighted by atomic mass is 32.2. The zero-order valence-corrected chi connectivity index (χ0v) is 16.9. The monoisotopic (exact) mass is 400 g/mol. The molecule has 0 saturated heterocycles. The van der Waals surface area contributed by atoms with E-state index in [0.717, 1.165) is 36.1 Å². The lowest BCUT2D eigenvalue weighted by Crippen LogP contribution is -2.37. The molecule has 1 fully saturated rings. The highest BCUT2D eigenvalue weighted by molar-refractivity contribution is 7.92. The topological polar surface area (TPSA) is 75.7 Å². The average Bonchev–Trinajstić information content (AvgIpc) is 3.03. The number of amides is 1. The Balaban J connectivity index is 1.60. The van der Waals surface area contributed by atoms with Crippen LogP contribution in [0.25, 0.3) is 0 Å². The summed E-state index contributed by atoms with van der Waals surface area (Å²) in [7, 11) is -2.26. The van der Waals surface area contributed by atoms with Crippen LogP contribution in [0.4, 0.5) is 11.4 Å². The van der Waals surface area contributed by atoms with E-state index in [1.165, 1.54) is 7.11 Å². The van der Waals surface area contributed by atoms with E-state index in [0.29, 0.717) is 24.4 Å². The van der Waals surface area contributed by atoms with Crippen LogP contribution in [0.5, 0.6) is 5.75 Å². The molecule has 1 heterocycles. The highest BCUT2D eigenvalue weighted by Gasteiger charge is 2.34. The van der Waals surface area contributed by atoms with Gasteiger partial charge in [-0.15, -0.1) is 0 Å². The van der Waals surface area contributed by atoms with Gasteiger partial charge in [-0.3, -0.25) is 9.52 Å². The number of hydrogen-bond acceptors (Lipinski definition) is 4. The lowest BCUT2D eigenvalue weighted by Gasteiger charge is -2.29. The number of methoxy groups -OCH3 is 1. The number of ether oxygens (including phenoxy) is 1. The van der Waals surface area contributed by atoms with Gasteiger partial charge in [0.25, 0.3) is 10.0 Å². The lowest BCUT2D eigenvalue weighted by molar-refractivity contribution is -0.124. The van der Waals surface area contributed by atoms with Crippen LogP contribution >= 0.6 is 0 Å². The van der Waals surface area contributed by atoms with Crippen molar-refractivity contribution in [2.75, 3.05) is 23.3 Å². The van der Waals surface area contributed by atoms with E-state index in [-0.39, 0.29) is 16.7 Å². The lowest BCUT2D eigenvalue weighted by atomic mass is 9.84. The molecule has 0 spiro atoms. The molecule has 0 atom stereocenters. The molecule has 1 aliphatic carbocycles. The summed E-state index contributed by atoms with van der Waals surface area (Å²) in [4.78, 5) is 14.6. The molecule has 0 aromatic heterocycles. The van der Waals surface area contributed by atoms with Gasteiger partial charge < -0.3 is 9.64 Å². The van der Waals surface area contributed by atoms with Crippen molar-refractivity contribution in [3.8, 4) is 5.75 Å². The minimum Gasteiger partial charge on any atom is -0.495 e. The molecule has 2 aromatic carbocycles. The minimum atomic E-state index is -3.77. The second-order valence-corrected chi connectivity index (χ2v) is 9.15. The van der Waals surface area contributed by atoms with E-state index >= 15 is 0 Å². The van der Waals surface area contributed by atoms with Crippen molar-refractivity contribution in [3.63, 3.8) is 0 Å². The number of nitrogens with one attached hydrogen (secondary N) is 1. The fourth-order valence-corrected chi connectivity index (χ4v) is 4.87. The number of carbonyl (C=O) groups excluding carboxylic acids is 1. The van der Waals surface area contributed by atoms with Crippen LogP contribution in [0.2, 0.25) is 0 Å². The first kappa shape index (κ1) is 18.8. The Morgan fingerprint density at radius 1 is 1.18 bits per heavy atom. The Hall–Kier alpha value is -2.54. The van der Waals surface area contributed by atoms with E-state index in [9.17, 15) is 13.2 Å². The van der Waals surface area contributed by atoms with Gasteiger partial charge in [0.05, 0.1) is 17.7 Å². The maximum Gasteiger partial charge on any atom is 0.262 e. The number of carbonyl (C=O) groups is 1. The van der Waals surface area contributed by atoms with Crippen molar-refractivity contribution in [1.82, 2.24) is 0 Å². The highest BCUT2D eigenvalue weighted by Crippen LogP contribution is 2.36. The largest absolute Gasteiger partial charge is 0.495 e. The number of anilines is 2. The molecule has 1 amide bonds. The number of hydrogen-bond donors (Lipinski definition) is 1. The Morgan fingerprint density at radius 3 is 2.64 bits per heavy atom. The zero-order valence-electron chi connectivity index (χ0n) is 16.1. The van der Waals surface area contributed by atoms with Gasteiger partial charge in [0.15, 0.2) is 0 Å². The molecule has 7 heteroatoms. The summed E-state index contributed by atoms with van der Waals surface area (Å²) in [5.74, 6) is 0.764. The number of fused-ring (bicyclic) bond motifs is 1. The maximum absolute atomic E-state index is 12.9. The zero-order chi connectivity index (χ0) is 19.9. The Morgan fingerprint density at radius 2 is 1.96 bits per heavy atom. The Bertz CT molecular complexity index is 1030. The molecule has 0 radical (unpaired) electrons. The summed E-state index contributed by atoms with van der Waals surface area (Å²) in [6.45, 7) is 2.51. The smallest absolute Gasteiger partial charge is 0.262 e. The van der Waals surface area contributed by atoms with Crippen LogP contribution in [0, 0.1) is 12.8 Å². The van der Waals surface area contributed by atoms with E-state index < -0.39 is 10.0 Å². The predicted octanol–water partition coefficient (Wildman–Crippen LogP) is 3.49. The summed E-state index contributed by atoms with van der Waals surface area (Å²) in [6, 6.07) is 10.3. The van der Waals surface area contributed by atoms with Gasteiger partial charge >= 0.3 is 0 Å². The van der Waals surface area contributed by atoms with E-state index in [4.69, 9.17) is 4.74 Å². The quantitative estimate of drug-likeness (QED) is 0.834. The molecule has 0 unspecified atom stereocenters. The average molecular weight is 401 g/mol. The van der Waals surface area contributed by atoms with Crippen molar-refractivity contribution in [3.05, 3.63) is 47.5 Å². The standard InChI is InChI=1S/C21H24N2O4S/c1-14-6-9-20(27-2)18(12-14)22-28(25,26)17-7-8-19-16(13-17)10-11-23(19)21(24)15-4-3-5-15/h6-9,12-13,15,22H,3-5,10-11H2,1-2H3. The summed E-state index contributed by atoms with van der Waals surface area (Å²) >= 11 is 0. The van der Waals surface area contributed by atoms with E-state index in [1.807, 2.05) is 17.9 Å². The van der Waals surface area contributed by atoms with Crippen LogP contribution in [-0.4, -0.2) is 28.0 Å². The fraction of sp³-hybridized carbons (Fsp3) is 0.381. The van der Waals surface area contributed by atoms with Crippen LogP contribution in [0.15, 0.2) is 41.3 Å². The molecule has 1 N–H and O–H groups in total. The number of rotatable bonds is 5. The van der Waals surface area contributed by atoms with Crippen molar-refractivity contribution in [1.29, 1.82) is 0 Å². The minimum absolute atomic E-state index is 0.129. The maximum atomic E-state index is 12.9. The summed E-state index contributed by atoms with van der Waals surface area (Å²) in [6.07, 6.45) is 3.70. The molecule has 148 valence electrons. The number of nitrogens with zero attached hydrogens (tertiary/aromatic N) is 1. The molecule has 1 aliphatic heterocycles. The fourth-order valence-electron chi connectivity index (χ4n) is 3.76. The summed E-state index contributed by atoms with van der Waals surface area (Å²) in [5, 5.41) is 0. The first-order chi connectivity index (χ1) is 13.4. The van der Waals surface area contributed by atoms with E-state index in [2.05, 4.69) is 4.72 Å². The third-order valence-electron chi connectivity index (χ3n) is 5.58. The second-order valence-electron chi connectivity index (χ2n) is 7.47. The third kappa shape index (κ3) is 3.35. The molecule has 4 rings (SSSR count). The molecule has 2 aliphatic rings. The van der Waals surface area contributed by atoms with Gasteiger partial charge in [-0.25, -0.2) is 8.42 Å². The van der Waals surface area contributed by atoms with Crippen LogP contribution < -0.4 is 14.4 Å². The summed E-state index contributed by atoms with van der Waals surface area (Å²) in [5.41, 5.74) is 3.07. The predicted molar refractivity (Wildman–Crippen MR) is 108 cm³/mol. The molecule has 1 saturated carbocycles. The molecule has 28 heavy (non-hydrogen) atoms. The number of sulfonamides is 1. The molecule has 6 nitrogen and oxygen atoms in total. The van der Waals surface area contributed by atoms with Crippen molar-refractivity contribution >= 4 is 27.3 Å². The molecular formula is C21H24N2O4S. The molecular weight excluding hydrogens is 376 g/mol. The molecule has 0 bridgehead atoms. The van der Waals surface area contributed by atoms with Gasteiger partial charge in [-0.05, 0) is 67.6 Å². The first-order valence-electron chi connectivity index (χ1n) is 9.51. The second kappa shape index (κ2) is 7.13. The number of aryl methyl sites for hydroxylation is 1. The first-order valence-corrected chi connectivity index (χ1v) is 11.0. The van der Waals surface area contributed by atoms with Gasteiger partial charge in [0, 0.05) is 18.2 Å². The van der Waals surface area contributed by atoms with Crippen molar-refractivity contribution in [2.24, 2.45) is 5.92 Å². The third-order valence-corrected chi connectivity index (χ3v) is 6.94.